The molecule has 3 aromatic carbocycles. The van der Waals surface area contributed by atoms with E-state index in [9.17, 15) is 4.79 Å². The van der Waals surface area contributed by atoms with Gasteiger partial charge in [0.2, 0.25) is 5.91 Å². The topological polar surface area (TPSA) is 29.1 Å². The first-order valence-electron chi connectivity index (χ1n) is 10.7. The Labute approximate surface area is 184 Å². The third kappa shape index (κ3) is 4.29. The molecule has 2 atom stereocenters. The Morgan fingerprint density at radius 1 is 0.933 bits per heavy atom. The van der Waals surface area contributed by atoms with E-state index >= 15 is 0 Å². The molecule has 4 rings (SSSR count). The van der Waals surface area contributed by atoms with Crippen LogP contribution in [0.15, 0.2) is 84.9 Å². The quantitative estimate of drug-likeness (QED) is 0.480. The fourth-order valence-corrected chi connectivity index (χ4v) is 4.66. The maximum absolute atomic E-state index is 13.5. The molecular weight excluding hydrogens is 390 g/mol. The van der Waals surface area contributed by atoms with Crippen molar-refractivity contribution < 1.29 is 4.79 Å². The molecule has 3 aromatic rings. The van der Waals surface area contributed by atoms with Crippen LogP contribution >= 0.6 is 11.6 Å². The Kier molecular flexibility index (Phi) is 6.24. The Hall–Kier alpha value is -2.58. The Morgan fingerprint density at radius 2 is 1.53 bits per heavy atom. The summed E-state index contributed by atoms with van der Waals surface area (Å²) >= 11 is 6.07. The summed E-state index contributed by atoms with van der Waals surface area (Å²) in [5, 5.41) is 4.13. The minimum Gasteiger partial charge on any atom is -0.352 e. The maximum atomic E-state index is 13.5. The van der Waals surface area contributed by atoms with Gasteiger partial charge in [-0.3, -0.25) is 4.79 Å². The number of halogens is 1. The molecule has 1 saturated carbocycles. The van der Waals surface area contributed by atoms with E-state index in [-0.39, 0.29) is 23.3 Å². The van der Waals surface area contributed by atoms with Gasteiger partial charge in [0.05, 0.1) is 5.41 Å². The van der Waals surface area contributed by atoms with E-state index in [0.717, 1.165) is 36.3 Å². The van der Waals surface area contributed by atoms with E-state index in [1.807, 2.05) is 36.4 Å². The molecule has 3 heteroatoms. The molecule has 1 aliphatic rings. The molecule has 0 heterocycles. The van der Waals surface area contributed by atoms with Gasteiger partial charge in [0.25, 0.3) is 0 Å². The fourth-order valence-electron chi connectivity index (χ4n) is 4.54. The molecule has 0 saturated heterocycles. The van der Waals surface area contributed by atoms with Crippen molar-refractivity contribution in [1.29, 1.82) is 0 Å². The summed E-state index contributed by atoms with van der Waals surface area (Å²) in [4.78, 5) is 13.5. The van der Waals surface area contributed by atoms with Crippen LogP contribution in [0, 0.1) is 0 Å². The second kappa shape index (κ2) is 9.06. The van der Waals surface area contributed by atoms with Crippen LogP contribution in [0.5, 0.6) is 0 Å². The van der Waals surface area contributed by atoms with Crippen LogP contribution in [0.4, 0.5) is 0 Å². The van der Waals surface area contributed by atoms with Gasteiger partial charge in [0, 0.05) is 17.0 Å². The van der Waals surface area contributed by atoms with Crippen molar-refractivity contribution in [2.75, 3.05) is 0 Å². The first kappa shape index (κ1) is 20.7. The summed E-state index contributed by atoms with van der Waals surface area (Å²) in [5.41, 5.74) is 3.21. The number of carbonyl (C=O) groups is 1. The maximum Gasteiger partial charge on any atom is 0.230 e. The number of nitrogens with one attached hydrogen (secondary N) is 1. The Balaban J connectivity index is 1.56. The third-order valence-corrected chi connectivity index (χ3v) is 6.78. The number of hydrogen-bond acceptors (Lipinski definition) is 1. The molecule has 0 bridgehead atoms. The lowest BCUT2D eigenvalue weighted by molar-refractivity contribution is -0.130. The highest BCUT2D eigenvalue weighted by atomic mass is 35.5. The average molecular weight is 418 g/mol. The highest BCUT2D eigenvalue weighted by molar-refractivity contribution is 6.30. The van der Waals surface area contributed by atoms with E-state index < -0.39 is 0 Å². The van der Waals surface area contributed by atoms with Crippen LogP contribution in [0.1, 0.15) is 48.8 Å². The largest absolute Gasteiger partial charge is 0.352 e. The fraction of sp³-hybridized carbons (Fsp3) is 0.296. The Morgan fingerprint density at radius 3 is 2.10 bits per heavy atom. The van der Waals surface area contributed by atoms with Crippen molar-refractivity contribution >= 4 is 17.5 Å². The van der Waals surface area contributed by atoms with Gasteiger partial charge in [-0.25, -0.2) is 0 Å². The van der Waals surface area contributed by atoms with E-state index in [1.165, 1.54) is 11.1 Å². The zero-order valence-corrected chi connectivity index (χ0v) is 18.1. The summed E-state index contributed by atoms with van der Waals surface area (Å²) in [6.45, 7) is 2.13. The highest BCUT2D eigenvalue weighted by Crippen LogP contribution is 2.44. The zero-order valence-electron chi connectivity index (χ0n) is 17.4. The molecule has 1 fully saturated rings. The third-order valence-electron chi connectivity index (χ3n) is 6.53. The van der Waals surface area contributed by atoms with Gasteiger partial charge in [0.1, 0.15) is 0 Å². The molecule has 0 radical (unpaired) electrons. The second-order valence-electron chi connectivity index (χ2n) is 8.41. The van der Waals surface area contributed by atoms with Crippen molar-refractivity contribution in [3.05, 3.63) is 107 Å². The molecule has 0 aromatic heterocycles. The summed E-state index contributed by atoms with van der Waals surface area (Å²) in [6, 6.07) is 28.7. The van der Waals surface area contributed by atoms with Crippen molar-refractivity contribution in [3.63, 3.8) is 0 Å². The standard InChI is InChI=1S/C27H28ClNO/c1-20(29-26(30)27(17-8-18-27)23-11-6-3-7-12-23)25(22-9-4-2-5-10-22)19-21-13-15-24(28)16-14-21/h2-7,9-16,20,25H,8,17-19H2,1H3,(H,29,30)/t20?,25-/m1/s1. The van der Waals surface area contributed by atoms with Crippen LogP contribution in [0.3, 0.4) is 0 Å². The normalized spacial score (nSPS) is 16.9. The van der Waals surface area contributed by atoms with Crippen LogP contribution in [-0.2, 0) is 16.6 Å². The van der Waals surface area contributed by atoms with Gasteiger partial charge in [-0.15, -0.1) is 0 Å². The van der Waals surface area contributed by atoms with Crippen molar-refractivity contribution in [2.24, 2.45) is 0 Å². The van der Waals surface area contributed by atoms with E-state index in [1.54, 1.807) is 0 Å². The molecule has 2 nitrogen and oxygen atoms in total. The number of hydrogen-bond donors (Lipinski definition) is 1. The van der Waals surface area contributed by atoms with E-state index in [0.29, 0.717) is 0 Å². The molecule has 30 heavy (non-hydrogen) atoms. The van der Waals surface area contributed by atoms with Gasteiger partial charge in [0.15, 0.2) is 0 Å². The molecule has 154 valence electrons. The molecule has 1 N–H and O–H groups in total. The number of benzene rings is 3. The summed E-state index contributed by atoms with van der Waals surface area (Å²) < 4.78 is 0. The summed E-state index contributed by atoms with van der Waals surface area (Å²) in [6.07, 6.45) is 3.79. The van der Waals surface area contributed by atoms with Gasteiger partial charge in [-0.1, -0.05) is 90.8 Å². The zero-order chi connectivity index (χ0) is 21.0. The lowest BCUT2D eigenvalue weighted by Crippen LogP contribution is -2.52. The predicted molar refractivity (Wildman–Crippen MR) is 124 cm³/mol. The number of carbonyl (C=O) groups excluding carboxylic acids is 1. The molecular formula is C27H28ClNO. The predicted octanol–water partition coefficient (Wildman–Crippen LogP) is 6.29. The van der Waals surface area contributed by atoms with E-state index in [2.05, 4.69) is 60.8 Å². The lowest BCUT2D eigenvalue weighted by atomic mass is 9.63. The molecule has 1 aliphatic carbocycles. The van der Waals surface area contributed by atoms with Gasteiger partial charge >= 0.3 is 0 Å². The van der Waals surface area contributed by atoms with E-state index in [4.69, 9.17) is 11.6 Å². The van der Waals surface area contributed by atoms with Crippen LogP contribution < -0.4 is 5.32 Å². The molecule has 0 aliphatic heterocycles. The SMILES string of the molecule is CC(NC(=O)C1(c2ccccc2)CCC1)[C@@H](Cc1ccc(Cl)cc1)c1ccccc1. The van der Waals surface area contributed by atoms with Crippen molar-refractivity contribution in [1.82, 2.24) is 5.32 Å². The average Bonchev–Trinajstić information content (AvgIpc) is 2.74. The van der Waals surface area contributed by atoms with Gasteiger partial charge < -0.3 is 5.32 Å². The van der Waals surface area contributed by atoms with Crippen LogP contribution in [-0.4, -0.2) is 11.9 Å². The van der Waals surface area contributed by atoms with Gasteiger partial charge in [-0.2, -0.15) is 0 Å². The first-order valence-corrected chi connectivity index (χ1v) is 11.1. The number of amides is 1. The highest BCUT2D eigenvalue weighted by Gasteiger charge is 2.46. The van der Waals surface area contributed by atoms with Crippen LogP contribution in [0.2, 0.25) is 5.02 Å². The second-order valence-corrected chi connectivity index (χ2v) is 8.85. The Bertz CT molecular complexity index is 965. The monoisotopic (exact) mass is 417 g/mol. The smallest absolute Gasteiger partial charge is 0.230 e. The minimum absolute atomic E-state index is 0.0109. The van der Waals surface area contributed by atoms with Crippen molar-refractivity contribution in [3.8, 4) is 0 Å². The first-order chi connectivity index (χ1) is 14.6. The summed E-state index contributed by atoms with van der Waals surface area (Å²) in [7, 11) is 0. The lowest BCUT2D eigenvalue weighted by Gasteiger charge is -2.42. The van der Waals surface area contributed by atoms with Crippen molar-refractivity contribution in [2.45, 2.75) is 50.0 Å². The van der Waals surface area contributed by atoms with Gasteiger partial charge in [-0.05, 0) is 55.0 Å². The number of rotatable bonds is 7. The molecule has 1 amide bonds. The molecule has 0 spiro atoms. The minimum atomic E-state index is -0.378. The summed E-state index contributed by atoms with van der Waals surface area (Å²) in [5.74, 6) is 0.341. The molecule has 1 unspecified atom stereocenters. The van der Waals surface area contributed by atoms with Crippen LogP contribution in [0.25, 0.3) is 0 Å².